The lowest BCUT2D eigenvalue weighted by Gasteiger charge is -2.19. The maximum atomic E-state index is 11.2. The Kier molecular flexibility index (Phi) is 5.30. The SMILES string of the molecule is CCOC(=O)CC(O)C(O)c1cccc(N)c1C#N. The predicted molar refractivity (Wildman–Crippen MR) is 67.8 cm³/mol. The van der Waals surface area contributed by atoms with Crippen LogP contribution in [0.1, 0.15) is 30.6 Å². The van der Waals surface area contributed by atoms with E-state index in [4.69, 9.17) is 11.0 Å². The molecule has 0 radical (unpaired) electrons. The number of aliphatic hydroxyl groups excluding tert-OH is 2. The summed E-state index contributed by atoms with van der Waals surface area (Å²) in [5.74, 6) is -0.614. The number of nitriles is 1. The predicted octanol–water partition coefficient (Wildman–Crippen LogP) is 0.488. The van der Waals surface area contributed by atoms with Gasteiger partial charge in [0, 0.05) is 11.3 Å². The van der Waals surface area contributed by atoms with Crippen molar-refractivity contribution in [2.45, 2.75) is 25.6 Å². The van der Waals surface area contributed by atoms with Crippen LogP contribution < -0.4 is 5.73 Å². The fourth-order valence-electron chi connectivity index (χ4n) is 1.67. The molecule has 4 N–H and O–H groups in total. The van der Waals surface area contributed by atoms with E-state index in [9.17, 15) is 15.0 Å². The highest BCUT2D eigenvalue weighted by Gasteiger charge is 2.24. The smallest absolute Gasteiger partial charge is 0.308 e. The number of anilines is 1. The second-order valence-electron chi connectivity index (χ2n) is 3.94. The zero-order valence-electron chi connectivity index (χ0n) is 10.5. The molecule has 0 saturated heterocycles. The molecule has 6 heteroatoms. The fraction of sp³-hybridized carbons (Fsp3) is 0.385. The number of hydrogen-bond acceptors (Lipinski definition) is 6. The van der Waals surface area contributed by atoms with Crippen LogP contribution >= 0.6 is 0 Å². The van der Waals surface area contributed by atoms with E-state index in [2.05, 4.69) is 4.74 Å². The average Bonchev–Trinajstić information content (AvgIpc) is 2.37. The quantitative estimate of drug-likeness (QED) is 0.526. The first-order valence-electron chi connectivity index (χ1n) is 5.81. The fourth-order valence-corrected chi connectivity index (χ4v) is 1.67. The summed E-state index contributed by atoms with van der Waals surface area (Å²) in [5.41, 5.74) is 6.11. The zero-order valence-corrected chi connectivity index (χ0v) is 10.5. The summed E-state index contributed by atoms with van der Waals surface area (Å²) in [6.07, 6.45) is -3.08. The number of nitrogen functional groups attached to an aromatic ring is 1. The summed E-state index contributed by atoms with van der Waals surface area (Å²) in [6.45, 7) is 1.84. The summed E-state index contributed by atoms with van der Waals surface area (Å²) in [7, 11) is 0. The highest BCUT2D eigenvalue weighted by Crippen LogP contribution is 2.26. The van der Waals surface area contributed by atoms with Crippen LogP contribution in [-0.2, 0) is 9.53 Å². The summed E-state index contributed by atoms with van der Waals surface area (Å²) >= 11 is 0. The Balaban J connectivity index is 2.89. The van der Waals surface area contributed by atoms with Gasteiger partial charge in [-0.25, -0.2) is 0 Å². The average molecular weight is 264 g/mol. The van der Waals surface area contributed by atoms with Gasteiger partial charge in [-0.2, -0.15) is 5.26 Å². The van der Waals surface area contributed by atoms with Gasteiger partial charge in [0.05, 0.1) is 24.7 Å². The third-order valence-electron chi connectivity index (χ3n) is 2.60. The highest BCUT2D eigenvalue weighted by atomic mass is 16.5. The first kappa shape index (κ1) is 15.0. The lowest BCUT2D eigenvalue weighted by Crippen LogP contribution is -2.24. The van der Waals surface area contributed by atoms with Crippen molar-refractivity contribution < 1.29 is 19.7 Å². The number of esters is 1. The molecule has 0 heterocycles. The van der Waals surface area contributed by atoms with E-state index in [-0.39, 0.29) is 29.8 Å². The molecule has 2 unspecified atom stereocenters. The van der Waals surface area contributed by atoms with Gasteiger partial charge in [-0.05, 0) is 13.0 Å². The van der Waals surface area contributed by atoms with E-state index in [1.807, 2.05) is 6.07 Å². The molecule has 1 rings (SSSR count). The Labute approximate surface area is 111 Å². The van der Waals surface area contributed by atoms with E-state index >= 15 is 0 Å². The van der Waals surface area contributed by atoms with Gasteiger partial charge in [0.25, 0.3) is 0 Å². The van der Waals surface area contributed by atoms with Crippen molar-refractivity contribution in [3.8, 4) is 6.07 Å². The van der Waals surface area contributed by atoms with Crippen LogP contribution in [0.5, 0.6) is 0 Å². The Morgan fingerprint density at radius 1 is 1.53 bits per heavy atom. The molecule has 0 aliphatic heterocycles. The number of carbonyl (C=O) groups excluding carboxylic acids is 1. The first-order valence-corrected chi connectivity index (χ1v) is 5.81. The maximum absolute atomic E-state index is 11.2. The minimum absolute atomic E-state index is 0.0953. The van der Waals surface area contributed by atoms with Crippen LogP contribution in [0, 0.1) is 11.3 Å². The molecule has 0 fully saturated rings. The van der Waals surface area contributed by atoms with E-state index < -0.39 is 18.2 Å². The summed E-state index contributed by atoms with van der Waals surface area (Å²) in [4.78, 5) is 11.2. The first-order chi connectivity index (χ1) is 9.01. The summed E-state index contributed by atoms with van der Waals surface area (Å²) < 4.78 is 4.68. The van der Waals surface area contributed by atoms with E-state index in [0.29, 0.717) is 0 Å². The largest absolute Gasteiger partial charge is 0.466 e. The van der Waals surface area contributed by atoms with Crippen molar-refractivity contribution in [1.29, 1.82) is 5.26 Å². The molecule has 0 aliphatic carbocycles. The van der Waals surface area contributed by atoms with Gasteiger partial charge in [0.2, 0.25) is 0 Å². The number of aliphatic hydroxyl groups is 2. The summed E-state index contributed by atoms with van der Waals surface area (Å²) in [5, 5.41) is 28.7. The normalized spacial score (nSPS) is 13.4. The number of benzene rings is 1. The van der Waals surface area contributed by atoms with Gasteiger partial charge in [0.1, 0.15) is 12.2 Å². The van der Waals surface area contributed by atoms with Crippen LogP contribution in [0.25, 0.3) is 0 Å². The monoisotopic (exact) mass is 264 g/mol. The number of nitrogens with two attached hydrogens (primary N) is 1. The highest BCUT2D eigenvalue weighted by molar-refractivity contribution is 5.70. The zero-order chi connectivity index (χ0) is 14.4. The number of ether oxygens (including phenoxy) is 1. The molecule has 0 saturated carbocycles. The molecule has 1 aromatic carbocycles. The van der Waals surface area contributed by atoms with Gasteiger partial charge < -0.3 is 20.7 Å². The Morgan fingerprint density at radius 2 is 2.21 bits per heavy atom. The third-order valence-corrected chi connectivity index (χ3v) is 2.60. The second-order valence-corrected chi connectivity index (χ2v) is 3.94. The molecule has 1 aromatic rings. The Morgan fingerprint density at radius 3 is 2.79 bits per heavy atom. The molecular formula is C13H16N2O4. The summed E-state index contributed by atoms with van der Waals surface area (Å²) in [6, 6.07) is 6.43. The van der Waals surface area contributed by atoms with Crippen molar-refractivity contribution in [1.82, 2.24) is 0 Å². The molecule has 6 nitrogen and oxygen atoms in total. The van der Waals surface area contributed by atoms with Crippen LogP contribution in [0.4, 0.5) is 5.69 Å². The maximum Gasteiger partial charge on any atom is 0.308 e. The van der Waals surface area contributed by atoms with Crippen LogP contribution in [0.2, 0.25) is 0 Å². The van der Waals surface area contributed by atoms with E-state index in [0.717, 1.165) is 0 Å². The number of hydrogen-bond donors (Lipinski definition) is 3. The van der Waals surface area contributed by atoms with Gasteiger partial charge in [-0.15, -0.1) is 0 Å². The van der Waals surface area contributed by atoms with Crippen molar-refractivity contribution in [3.05, 3.63) is 29.3 Å². The molecule has 2 atom stereocenters. The molecule has 0 aliphatic rings. The standard InChI is InChI=1S/C13H16N2O4/c1-2-19-12(17)6-11(16)13(18)8-4-3-5-10(15)9(8)7-14/h3-5,11,13,16,18H,2,6,15H2,1H3. The molecule has 19 heavy (non-hydrogen) atoms. The lowest BCUT2D eigenvalue weighted by atomic mass is 9.96. The molecule has 0 spiro atoms. The molecule has 0 amide bonds. The van der Waals surface area contributed by atoms with Crippen molar-refractivity contribution in [2.75, 3.05) is 12.3 Å². The second kappa shape index (κ2) is 6.73. The topological polar surface area (TPSA) is 117 Å². The minimum Gasteiger partial charge on any atom is -0.466 e. The number of carbonyl (C=O) groups is 1. The van der Waals surface area contributed by atoms with Crippen molar-refractivity contribution >= 4 is 11.7 Å². The van der Waals surface area contributed by atoms with Gasteiger partial charge >= 0.3 is 5.97 Å². The molecule has 0 aromatic heterocycles. The lowest BCUT2D eigenvalue weighted by molar-refractivity contribution is -0.147. The van der Waals surface area contributed by atoms with E-state index in [1.54, 1.807) is 13.0 Å². The van der Waals surface area contributed by atoms with Crippen LogP contribution in [0.15, 0.2) is 18.2 Å². The van der Waals surface area contributed by atoms with E-state index in [1.165, 1.54) is 12.1 Å². The third kappa shape index (κ3) is 3.68. The Bertz CT molecular complexity index is 496. The molecule has 102 valence electrons. The van der Waals surface area contributed by atoms with Gasteiger partial charge in [-0.1, -0.05) is 12.1 Å². The van der Waals surface area contributed by atoms with Crippen molar-refractivity contribution in [3.63, 3.8) is 0 Å². The molecule has 0 bridgehead atoms. The van der Waals surface area contributed by atoms with Gasteiger partial charge in [-0.3, -0.25) is 4.79 Å². The van der Waals surface area contributed by atoms with Gasteiger partial charge in [0.15, 0.2) is 0 Å². The molecular weight excluding hydrogens is 248 g/mol. The van der Waals surface area contributed by atoms with Crippen LogP contribution in [-0.4, -0.2) is 28.9 Å². The number of rotatable bonds is 5. The Hall–Kier alpha value is -2.10. The minimum atomic E-state index is -1.37. The van der Waals surface area contributed by atoms with Crippen LogP contribution in [0.3, 0.4) is 0 Å². The van der Waals surface area contributed by atoms with Crippen molar-refractivity contribution in [2.24, 2.45) is 0 Å². The number of nitrogens with zero attached hydrogens (tertiary/aromatic N) is 1.